The van der Waals surface area contributed by atoms with Gasteiger partial charge >= 0.3 is 0 Å². The van der Waals surface area contributed by atoms with E-state index in [9.17, 15) is 0 Å². The van der Waals surface area contributed by atoms with Gasteiger partial charge in [-0.2, -0.15) is 0 Å². The highest BCUT2D eigenvalue weighted by atomic mass is 16.3. The molecule has 0 spiro atoms. The molecule has 1 aliphatic rings. The van der Waals surface area contributed by atoms with Gasteiger partial charge in [-0.25, -0.2) is 0 Å². The van der Waals surface area contributed by atoms with Gasteiger partial charge in [0.25, 0.3) is 0 Å². The van der Waals surface area contributed by atoms with Gasteiger partial charge in [-0.3, -0.25) is 0 Å². The van der Waals surface area contributed by atoms with Crippen molar-refractivity contribution in [2.24, 2.45) is 5.92 Å². The van der Waals surface area contributed by atoms with Crippen molar-refractivity contribution in [3.8, 4) is 0 Å². The molecule has 0 radical (unpaired) electrons. The van der Waals surface area contributed by atoms with E-state index in [1.54, 1.807) is 12.5 Å². The fourth-order valence-corrected chi connectivity index (χ4v) is 3.21. The Bertz CT molecular complexity index is 655. The molecule has 3 heteroatoms. The zero-order chi connectivity index (χ0) is 12.7. The minimum atomic E-state index is 0.697. The standard InChI is InChI=1S/C16H17NO2/c1-2-11(10-17-5-1)8-14-13-4-7-18-15(13)9-12-3-6-19-16(12)14/h3-4,6-7,9,11,17H,1-2,5,8,10H2. The first kappa shape index (κ1) is 11.1. The van der Waals surface area contributed by atoms with Gasteiger partial charge in [0.2, 0.25) is 0 Å². The normalized spacial score (nSPS) is 20.3. The minimum Gasteiger partial charge on any atom is -0.464 e. The summed E-state index contributed by atoms with van der Waals surface area (Å²) in [6.07, 6.45) is 7.17. The second-order valence-corrected chi connectivity index (χ2v) is 5.44. The van der Waals surface area contributed by atoms with Crippen molar-refractivity contribution >= 4 is 21.9 Å². The molecule has 19 heavy (non-hydrogen) atoms. The first-order chi connectivity index (χ1) is 9.42. The first-order valence-corrected chi connectivity index (χ1v) is 6.99. The number of piperidine rings is 1. The molecule has 0 saturated carbocycles. The van der Waals surface area contributed by atoms with Crippen LogP contribution in [0.3, 0.4) is 0 Å². The molecule has 1 atom stereocenters. The van der Waals surface area contributed by atoms with Crippen molar-refractivity contribution in [2.45, 2.75) is 19.3 Å². The molecule has 3 nitrogen and oxygen atoms in total. The largest absolute Gasteiger partial charge is 0.464 e. The van der Waals surface area contributed by atoms with Crippen LogP contribution in [-0.4, -0.2) is 13.1 Å². The Morgan fingerprint density at radius 2 is 2.16 bits per heavy atom. The van der Waals surface area contributed by atoms with E-state index in [4.69, 9.17) is 8.83 Å². The van der Waals surface area contributed by atoms with Crippen LogP contribution in [0.25, 0.3) is 21.9 Å². The molecule has 1 aromatic carbocycles. The van der Waals surface area contributed by atoms with Gasteiger partial charge < -0.3 is 14.2 Å². The summed E-state index contributed by atoms with van der Waals surface area (Å²) >= 11 is 0. The van der Waals surface area contributed by atoms with Crippen LogP contribution in [0.5, 0.6) is 0 Å². The van der Waals surface area contributed by atoms with E-state index < -0.39 is 0 Å². The lowest BCUT2D eigenvalue weighted by molar-refractivity contribution is 0.376. The number of fused-ring (bicyclic) bond motifs is 2. The van der Waals surface area contributed by atoms with Crippen LogP contribution in [-0.2, 0) is 6.42 Å². The van der Waals surface area contributed by atoms with Gasteiger partial charge in [-0.15, -0.1) is 0 Å². The van der Waals surface area contributed by atoms with Crippen molar-refractivity contribution in [1.29, 1.82) is 0 Å². The molecule has 3 aromatic rings. The van der Waals surface area contributed by atoms with Crippen molar-refractivity contribution in [2.75, 3.05) is 13.1 Å². The highest BCUT2D eigenvalue weighted by Gasteiger charge is 2.19. The summed E-state index contributed by atoms with van der Waals surface area (Å²) < 4.78 is 11.3. The van der Waals surface area contributed by atoms with Crippen LogP contribution < -0.4 is 5.32 Å². The molecule has 0 bridgehead atoms. The van der Waals surface area contributed by atoms with Crippen LogP contribution in [0, 0.1) is 5.92 Å². The molecule has 2 aromatic heterocycles. The summed E-state index contributed by atoms with van der Waals surface area (Å²) in [5.41, 5.74) is 3.30. The van der Waals surface area contributed by atoms with E-state index in [2.05, 4.69) is 17.4 Å². The van der Waals surface area contributed by atoms with Crippen molar-refractivity contribution in [3.05, 3.63) is 36.3 Å². The Hall–Kier alpha value is -1.74. The molecular weight excluding hydrogens is 238 g/mol. The lowest BCUT2D eigenvalue weighted by Gasteiger charge is -2.23. The molecule has 1 N–H and O–H groups in total. The van der Waals surface area contributed by atoms with Crippen molar-refractivity contribution in [1.82, 2.24) is 5.32 Å². The second-order valence-electron chi connectivity index (χ2n) is 5.44. The van der Waals surface area contributed by atoms with Crippen molar-refractivity contribution in [3.63, 3.8) is 0 Å². The minimum absolute atomic E-state index is 0.697. The maximum absolute atomic E-state index is 5.71. The number of rotatable bonds is 2. The predicted molar refractivity (Wildman–Crippen MR) is 75.3 cm³/mol. The molecule has 0 aliphatic carbocycles. The van der Waals surface area contributed by atoms with E-state index in [-0.39, 0.29) is 0 Å². The Labute approximate surface area is 111 Å². The quantitative estimate of drug-likeness (QED) is 0.758. The molecular formula is C16H17NO2. The Kier molecular flexibility index (Phi) is 2.59. The summed E-state index contributed by atoms with van der Waals surface area (Å²) in [7, 11) is 0. The maximum Gasteiger partial charge on any atom is 0.137 e. The van der Waals surface area contributed by atoms with Crippen LogP contribution in [0.2, 0.25) is 0 Å². The number of nitrogens with one attached hydrogen (secondary N) is 1. The van der Waals surface area contributed by atoms with Gasteiger partial charge in [-0.1, -0.05) is 0 Å². The average molecular weight is 255 g/mol. The van der Waals surface area contributed by atoms with E-state index in [0.29, 0.717) is 5.92 Å². The highest BCUT2D eigenvalue weighted by Crippen LogP contribution is 2.32. The molecule has 0 amide bonds. The molecule has 1 saturated heterocycles. The Morgan fingerprint density at radius 3 is 3.05 bits per heavy atom. The van der Waals surface area contributed by atoms with Crippen molar-refractivity contribution < 1.29 is 8.83 Å². The van der Waals surface area contributed by atoms with Crippen LogP contribution in [0.15, 0.2) is 39.6 Å². The number of furan rings is 2. The summed E-state index contributed by atoms with van der Waals surface area (Å²) in [4.78, 5) is 0. The zero-order valence-electron chi connectivity index (χ0n) is 10.8. The number of hydrogen-bond acceptors (Lipinski definition) is 3. The summed E-state index contributed by atoms with van der Waals surface area (Å²) in [6.45, 7) is 2.26. The number of benzene rings is 1. The second kappa shape index (κ2) is 4.42. The van der Waals surface area contributed by atoms with Gasteiger partial charge in [-0.05, 0) is 56.5 Å². The lowest BCUT2D eigenvalue weighted by atomic mass is 9.90. The summed E-state index contributed by atoms with van der Waals surface area (Å²) in [6, 6.07) is 6.14. The fourth-order valence-electron chi connectivity index (χ4n) is 3.21. The molecule has 1 aliphatic heterocycles. The van der Waals surface area contributed by atoms with E-state index in [0.717, 1.165) is 36.1 Å². The molecule has 98 valence electrons. The highest BCUT2D eigenvalue weighted by molar-refractivity contribution is 5.97. The Balaban J connectivity index is 1.83. The van der Waals surface area contributed by atoms with E-state index in [1.165, 1.54) is 23.8 Å². The topological polar surface area (TPSA) is 38.3 Å². The fraction of sp³-hybridized carbons (Fsp3) is 0.375. The van der Waals surface area contributed by atoms with Gasteiger partial charge in [0.1, 0.15) is 11.2 Å². The average Bonchev–Trinajstić information content (AvgIpc) is 3.08. The smallest absolute Gasteiger partial charge is 0.137 e. The van der Waals surface area contributed by atoms with Crippen LogP contribution in [0.4, 0.5) is 0 Å². The summed E-state index contributed by atoms with van der Waals surface area (Å²) in [5, 5.41) is 5.83. The van der Waals surface area contributed by atoms with Gasteiger partial charge in [0.15, 0.2) is 0 Å². The first-order valence-electron chi connectivity index (χ1n) is 6.99. The third-order valence-electron chi connectivity index (χ3n) is 4.17. The zero-order valence-corrected chi connectivity index (χ0v) is 10.8. The molecule has 3 heterocycles. The van der Waals surface area contributed by atoms with E-state index >= 15 is 0 Å². The monoisotopic (exact) mass is 255 g/mol. The third-order valence-corrected chi connectivity index (χ3v) is 4.17. The SMILES string of the molecule is c1cc2c(CC3CCCNC3)c3occc3cc2o1. The molecule has 1 fully saturated rings. The number of hydrogen-bond donors (Lipinski definition) is 1. The third kappa shape index (κ3) is 1.85. The van der Waals surface area contributed by atoms with Gasteiger partial charge in [0, 0.05) is 16.3 Å². The Morgan fingerprint density at radius 1 is 1.21 bits per heavy atom. The molecule has 1 unspecified atom stereocenters. The lowest BCUT2D eigenvalue weighted by Crippen LogP contribution is -2.30. The summed E-state index contributed by atoms with van der Waals surface area (Å²) in [5.74, 6) is 0.697. The maximum atomic E-state index is 5.71. The predicted octanol–water partition coefficient (Wildman–Crippen LogP) is 3.72. The van der Waals surface area contributed by atoms with Crippen LogP contribution in [0.1, 0.15) is 18.4 Å². The van der Waals surface area contributed by atoms with E-state index in [1.807, 2.05) is 6.07 Å². The molecule has 4 rings (SSSR count). The van der Waals surface area contributed by atoms with Gasteiger partial charge in [0.05, 0.1) is 12.5 Å². The van der Waals surface area contributed by atoms with Crippen LogP contribution >= 0.6 is 0 Å².